The molecule has 1 N–H and O–H groups in total. The SMILES string of the molecule is Cc1nn(Cc2ccc(/C=C3\NC(=S)N(C(C)c4ccccc4)C3=O)o2)c(C)c1[N+](=O)[O-]. The number of nitro groups is 1. The minimum atomic E-state index is -0.436. The molecule has 2 aromatic heterocycles. The van der Waals surface area contributed by atoms with Crippen LogP contribution in [0.15, 0.2) is 52.6 Å². The normalized spacial score (nSPS) is 16.0. The van der Waals surface area contributed by atoms with E-state index in [-0.39, 0.29) is 24.2 Å². The summed E-state index contributed by atoms with van der Waals surface area (Å²) in [7, 11) is 0. The maximum Gasteiger partial charge on any atom is 0.312 e. The molecule has 3 aromatic rings. The third-order valence-corrected chi connectivity index (χ3v) is 5.68. The fourth-order valence-corrected chi connectivity index (χ4v) is 4.08. The number of furan rings is 1. The number of carbonyl (C=O) groups excluding carboxylic acids is 1. The summed E-state index contributed by atoms with van der Waals surface area (Å²) in [6, 6.07) is 12.9. The summed E-state index contributed by atoms with van der Waals surface area (Å²) in [6.45, 7) is 5.40. The summed E-state index contributed by atoms with van der Waals surface area (Å²) in [6.07, 6.45) is 1.60. The van der Waals surface area contributed by atoms with Gasteiger partial charge >= 0.3 is 5.69 Å². The van der Waals surface area contributed by atoms with E-state index in [1.54, 1.807) is 32.1 Å². The van der Waals surface area contributed by atoms with Crippen LogP contribution in [0.2, 0.25) is 0 Å². The second kappa shape index (κ2) is 8.39. The molecular weight excluding hydrogens is 430 g/mol. The zero-order valence-corrected chi connectivity index (χ0v) is 18.5. The summed E-state index contributed by atoms with van der Waals surface area (Å²) in [4.78, 5) is 25.3. The standard InChI is InChI=1S/C22H21N5O4S/c1-13-20(27(29)30)15(3)25(24-13)12-18-10-9-17(31-18)11-19-21(28)26(22(32)23-19)14(2)16-7-5-4-6-8-16/h4-11,14H,12H2,1-3H3,(H,23,32)/b19-11-. The minimum Gasteiger partial charge on any atom is -0.460 e. The highest BCUT2D eigenvalue weighted by atomic mass is 32.1. The Kier molecular flexibility index (Phi) is 5.62. The number of hydrogen-bond acceptors (Lipinski definition) is 6. The number of benzene rings is 1. The van der Waals surface area contributed by atoms with Gasteiger partial charge in [0.25, 0.3) is 5.91 Å². The van der Waals surface area contributed by atoms with Gasteiger partial charge in [-0.1, -0.05) is 30.3 Å². The largest absolute Gasteiger partial charge is 0.460 e. The fourth-order valence-electron chi connectivity index (χ4n) is 3.73. The molecule has 1 amide bonds. The van der Waals surface area contributed by atoms with Crippen molar-refractivity contribution in [1.82, 2.24) is 20.0 Å². The average Bonchev–Trinajstić information content (AvgIpc) is 3.39. The van der Waals surface area contributed by atoms with E-state index in [2.05, 4.69) is 10.4 Å². The van der Waals surface area contributed by atoms with Gasteiger partial charge in [-0.05, 0) is 50.7 Å². The molecule has 3 heterocycles. The van der Waals surface area contributed by atoms with Crippen molar-refractivity contribution in [3.63, 3.8) is 0 Å². The van der Waals surface area contributed by atoms with Gasteiger partial charge in [-0.15, -0.1) is 0 Å². The van der Waals surface area contributed by atoms with E-state index in [1.807, 2.05) is 37.3 Å². The van der Waals surface area contributed by atoms with E-state index in [4.69, 9.17) is 16.6 Å². The molecule has 1 aliphatic rings. The van der Waals surface area contributed by atoms with Crippen LogP contribution in [0.3, 0.4) is 0 Å². The van der Waals surface area contributed by atoms with Gasteiger partial charge in [-0.2, -0.15) is 5.10 Å². The number of hydrogen-bond donors (Lipinski definition) is 1. The molecule has 0 spiro atoms. The lowest BCUT2D eigenvalue weighted by Crippen LogP contribution is -2.33. The number of aryl methyl sites for hydroxylation is 1. The van der Waals surface area contributed by atoms with E-state index < -0.39 is 4.92 Å². The van der Waals surface area contributed by atoms with Gasteiger partial charge in [0.15, 0.2) is 5.11 Å². The molecular formula is C22H21N5O4S. The molecule has 0 bridgehead atoms. The number of thiocarbonyl (C=S) groups is 1. The second-order valence-corrected chi connectivity index (χ2v) is 7.87. The zero-order chi connectivity index (χ0) is 23.0. The first-order chi connectivity index (χ1) is 15.3. The van der Waals surface area contributed by atoms with Crippen LogP contribution in [-0.4, -0.2) is 30.6 Å². The Hall–Kier alpha value is -3.79. The van der Waals surface area contributed by atoms with Crippen molar-refractivity contribution in [2.45, 2.75) is 33.4 Å². The topological polar surface area (TPSA) is 106 Å². The van der Waals surface area contributed by atoms with E-state index in [0.717, 1.165) is 5.56 Å². The first-order valence-electron chi connectivity index (χ1n) is 9.94. The summed E-state index contributed by atoms with van der Waals surface area (Å²) in [5.41, 5.74) is 2.10. The molecule has 10 heteroatoms. The number of rotatable bonds is 6. The molecule has 32 heavy (non-hydrogen) atoms. The zero-order valence-electron chi connectivity index (χ0n) is 17.7. The molecule has 0 saturated carbocycles. The molecule has 1 aliphatic heterocycles. The van der Waals surface area contributed by atoms with Gasteiger partial charge in [0.05, 0.1) is 17.5 Å². The Morgan fingerprint density at radius 1 is 1.25 bits per heavy atom. The van der Waals surface area contributed by atoms with E-state index in [0.29, 0.717) is 33.7 Å². The second-order valence-electron chi connectivity index (χ2n) is 7.49. The summed E-state index contributed by atoms with van der Waals surface area (Å²) >= 11 is 5.38. The summed E-state index contributed by atoms with van der Waals surface area (Å²) < 4.78 is 7.35. The Labute approximate surface area is 189 Å². The molecule has 164 valence electrons. The highest BCUT2D eigenvalue weighted by Crippen LogP contribution is 2.27. The van der Waals surface area contributed by atoms with Crippen LogP contribution < -0.4 is 5.32 Å². The predicted octanol–water partition coefficient (Wildman–Crippen LogP) is 3.87. The lowest BCUT2D eigenvalue weighted by atomic mass is 10.1. The van der Waals surface area contributed by atoms with Crippen LogP contribution in [0.4, 0.5) is 5.69 Å². The molecule has 0 radical (unpaired) electrons. The van der Waals surface area contributed by atoms with Gasteiger partial charge < -0.3 is 9.73 Å². The highest BCUT2D eigenvalue weighted by Gasteiger charge is 2.35. The number of nitrogens with zero attached hydrogens (tertiary/aromatic N) is 4. The molecule has 1 atom stereocenters. The molecule has 4 rings (SSSR count). The van der Waals surface area contributed by atoms with Crippen LogP contribution in [0.1, 0.15) is 41.4 Å². The van der Waals surface area contributed by atoms with Gasteiger partial charge in [0, 0.05) is 6.08 Å². The van der Waals surface area contributed by atoms with Crippen molar-refractivity contribution in [3.05, 3.63) is 86.7 Å². The smallest absolute Gasteiger partial charge is 0.312 e. The van der Waals surface area contributed by atoms with Crippen molar-refractivity contribution < 1.29 is 14.1 Å². The Morgan fingerprint density at radius 2 is 1.97 bits per heavy atom. The van der Waals surface area contributed by atoms with Crippen molar-refractivity contribution in [2.75, 3.05) is 0 Å². The molecule has 0 aliphatic carbocycles. The fraction of sp³-hybridized carbons (Fsp3) is 0.227. The molecule has 9 nitrogen and oxygen atoms in total. The molecule has 1 unspecified atom stereocenters. The van der Waals surface area contributed by atoms with E-state index in [1.165, 1.54) is 9.58 Å². The maximum atomic E-state index is 13.0. The molecule has 1 aromatic carbocycles. The van der Waals surface area contributed by atoms with Crippen molar-refractivity contribution >= 4 is 35.0 Å². The minimum absolute atomic E-state index is 0.000731. The Balaban J connectivity index is 1.52. The van der Waals surface area contributed by atoms with Crippen LogP contribution >= 0.6 is 12.2 Å². The first kappa shape index (κ1) is 21.4. The van der Waals surface area contributed by atoms with Gasteiger partial charge in [0.2, 0.25) is 0 Å². The van der Waals surface area contributed by atoms with Crippen LogP contribution in [0.5, 0.6) is 0 Å². The maximum absolute atomic E-state index is 13.0. The Morgan fingerprint density at radius 3 is 2.62 bits per heavy atom. The highest BCUT2D eigenvalue weighted by molar-refractivity contribution is 7.80. The first-order valence-corrected chi connectivity index (χ1v) is 10.4. The predicted molar refractivity (Wildman–Crippen MR) is 122 cm³/mol. The van der Waals surface area contributed by atoms with Crippen molar-refractivity contribution in [1.29, 1.82) is 0 Å². The van der Waals surface area contributed by atoms with E-state index >= 15 is 0 Å². The van der Waals surface area contributed by atoms with Crippen LogP contribution in [0, 0.1) is 24.0 Å². The summed E-state index contributed by atoms with van der Waals surface area (Å²) in [5.74, 6) is 0.780. The van der Waals surface area contributed by atoms with E-state index in [9.17, 15) is 14.9 Å². The molecule has 1 fully saturated rings. The summed E-state index contributed by atoms with van der Waals surface area (Å²) in [5, 5.41) is 18.7. The van der Waals surface area contributed by atoms with Crippen LogP contribution in [-0.2, 0) is 11.3 Å². The lowest BCUT2D eigenvalue weighted by molar-refractivity contribution is -0.386. The number of aromatic nitrogens is 2. The lowest BCUT2D eigenvalue weighted by Gasteiger charge is -2.23. The third kappa shape index (κ3) is 3.92. The van der Waals surface area contributed by atoms with Gasteiger partial charge in [-0.3, -0.25) is 24.5 Å². The van der Waals surface area contributed by atoms with Crippen LogP contribution in [0.25, 0.3) is 6.08 Å². The number of amides is 1. The quantitative estimate of drug-likeness (QED) is 0.262. The van der Waals surface area contributed by atoms with Crippen molar-refractivity contribution in [2.24, 2.45) is 0 Å². The molecule has 1 saturated heterocycles. The number of nitrogens with one attached hydrogen (secondary N) is 1. The number of carbonyl (C=O) groups is 1. The Bertz CT molecular complexity index is 1240. The van der Waals surface area contributed by atoms with Gasteiger partial charge in [0.1, 0.15) is 28.6 Å². The average molecular weight is 452 g/mol. The van der Waals surface area contributed by atoms with Gasteiger partial charge in [-0.25, -0.2) is 0 Å². The monoisotopic (exact) mass is 451 g/mol. The van der Waals surface area contributed by atoms with Crippen molar-refractivity contribution in [3.8, 4) is 0 Å². The third-order valence-electron chi connectivity index (χ3n) is 5.38.